The van der Waals surface area contributed by atoms with Crippen LogP contribution in [-0.4, -0.2) is 19.6 Å². The number of para-hydroxylation sites is 2. The molecule has 5 nitrogen and oxygen atoms in total. The number of phenolic OH excluding ortho intramolecular Hbond substituents is 1. The Morgan fingerprint density at radius 1 is 0.479 bits per heavy atom. The SMILES string of the molecule is Cc1cc2c(cc1-c1ccnc(-c3cc(-c4cccc5c4nc(-c4cc(C(C)(C)C)cc(C(C)(C)C)c4O)n5-c4ccc(C(C)(C)C)cc4-c4ccccc4)cc(C(C)(C)C)c3)c1C)oc1ccccc12. The van der Waals surface area contributed by atoms with Crippen LogP contribution in [0.15, 0.2) is 150 Å². The lowest BCUT2D eigenvalue weighted by Gasteiger charge is -2.28. The number of hydrogen-bond acceptors (Lipinski definition) is 4. The van der Waals surface area contributed by atoms with E-state index in [1.54, 1.807) is 0 Å². The topological polar surface area (TPSA) is 64.1 Å². The predicted octanol–water partition coefficient (Wildman–Crippen LogP) is 18.2. The minimum absolute atomic E-state index is 0.0839. The Labute approximate surface area is 420 Å². The van der Waals surface area contributed by atoms with Crippen molar-refractivity contribution in [3.63, 3.8) is 0 Å². The van der Waals surface area contributed by atoms with Gasteiger partial charge in [0.05, 0.1) is 28.0 Å². The molecule has 0 unspecified atom stereocenters. The Bertz CT molecular complexity index is 3710. The predicted molar refractivity (Wildman–Crippen MR) is 299 cm³/mol. The van der Waals surface area contributed by atoms with Crippen LogP contribution in [0.3, 0.4) is 0 Å². The molecule has 0 atom stereocenters. The van der Waals surface area contributed by atoms with Gasteiger partial charge in [-0.1, -0.05) is 162 Å². The molecule has 0 amide bonds. The summed E-state index contributed by atoms with van der Waals surface area (Å²) in [6, 6.07) is 50.2. The maximum atomic E-state index is 12.6. The first-order valence-electron chi connectivity index (χ1n) is 25.1. The van der Waals surface area contributed by atoms with Gasteiger partial charge in [0.1, 0.15) is 22.7 Å². The number of aryl methyl sites for hydroxylation is 1. The summed E-state index contributed by atoms with van der Waals surface area (Å²) in [5.74, 6) is 0.945. The number of rotatable bonds is 6. The van der Waals surface area contributed by atoms with E-state index in [2.05, 4.69) is 229 Å². The first kappa shape index (κ1) is 47.4. The average Bonchev–Trinajstić information content (AvgIpc) is 3.88. The Morgan fingerprint density at radius 3 is 1.85 bits per heavy atom. The van der Waals surface area contributed by atoms with Crippen molar-refractivity contribution >= 4 is 33.0 Å². The van der Waals surface area contributed by atoms with E-state index in [1.807, 2.05) is 18.3 Å². The van der Waals surface area contributed by atoms with Crippen molar-refractivity contribution < 1.29 is 9.52 Å². The number of hydrogen-bond donors (Lipinski definition) is 1. The average molecular weight is 934 g/mol. The zero-order valence-electron chi connectivity index (χ0n) is 44.1. The van der Waals surface area contributed by atoms with E-state index >= 15 is 0 Å². The minimum Gasteiger partial charge on any atom is -0.507 e. The molecule has 7 aromatic carbocycles. The van der Waals surface area contributed by atoms with Crippen molar-refractivity contribution in [1.82, 2.24) is 14.5 Å². The number of aromatic hydroxyl groups is 1. The van der Waals surface area contributed by atoms with E-state index in [0.717, 1.165) is 100.0 Å². The molecule has 0 fully saturated rings. The number of nitrogens with zero attached hydrogens (tertiary/aromatic N) is 3. The summed E-state index contributed by atoms with van der Waals surface area (Å²) in [5, 5.41) is 14.9. The zero-order chi connectivity index (χ0) is 50.5. The summed E-state index contributed by atoms with van der Waals surface area (Å²) < 4.78 is 8.70. The van der Waals surface area contributed by atoms with Crippen molar-refractivity contribution in [1.29, 1.82) is 0 Å². The highest BCUT2D eigenvalue weighted by Crippen LogP contribution is 2.47. The van der Waals surface area contributed by atoms with Crippen molar-refractivity contribution in [3.05, 3.63) is 179 Å². The molecule has 5 heteroatoms. The summed E-state index contributed by atoms with van der Waals surface area (Å²) in [6.07, 6.45) is 1.94. The molecule has 0 spiro atoms. The molecule has 71 heavy (non-hydrogen) atoms. The monoisotopic (exact) mass is 934 g/mol. The molecule has 0 aliphatic carbocycles. The number of phenols is 1. The maximum Gasteiger partial charge on any atom is 0.149 e. The highest BCUT2D eigenvalue weighted by molar-refractivity contribution is 6.06. The third-order valence-corrected chi connectivity index (χ3v) is 14.5. The molecule has 10 rings (SSSR count). The van der Waals surface area contributed by atoms with Crippen LogP contribution in [0.2, 0.25) is 0 Å². The highest BCUT2D eigenvalue weighted by atomic mass is 16.3. The number of imidazole rings is 1. The molecule has 358 valence electrons. The van der Waals surface area contributed by atoms with Crippen molar-refractivity contribution in [2.45, 2.75) is 119 Å². The lowest BCUT2D eigenvalue weighted by atomic mass is 9.79. The summed E-state index contributed by atoms with van der Waals surface area (Å²) in [5.41, 5.74) is 19.7. The highest BCUT2D eigenvalue weighted by Gasteiger charge is 2.30. The van der Waals surface area contributed by atoms with Crippen LogP contribution in [0.1, 0.15) is 116 Å². The standard InChI is InChI=1S/C66H67N3O2/c1-39-31-52-49-23-18-19-26-57(49)71-58(52)38-50(39)47-29-30-67-59(40(47)2)43-32-42(33-45(34-43)64(6,7)8)48-24-20-25-56-60(48)68-62(53-36-46(65(9,10)11)37-54(61(53)70)66(12,13)14)69(56)55-28-27-44(63(3,4)5)35-51(55)41-21-16-15-17-22-41/h15-38,70H,1-14H3. The van der Waals surface area contributed by atoms with E-state index < -0.39 is 0 Å². The molecule has 0 aliphatic heterocycles. The van der Waals surface area contributed by atoms with Gasteiger partial charge in [-0.25, -0.2) is 4.98 Å². The molecular weight excluding hydrogens is 867 g/mol. The molecule has 0 saturated carbocycles. The van der Waals surface area contributed by atoms with Crippen molar-refractivity contribution in [2.24, 2.45) is 0 Å². The Hall–Kier alpha value is -7.24. The van der Waals surface area contributed by atoms with Gasteiger partial charge in [0, 0.05) is 39.2 Å². The first-order valence-corrected chi connectivity index (χ1v) is 25.1. The molecule has 0 saturated heterocycles. The van der Waals surface area contributed by atoms with Gasteiger partial charge >= 0.3 is 0 Å². The smallest absolute Gasteiger partial charge is 0.149 e. The first-order chi connectivity index (χ1) is 33.5. The van der Waals surface area contributed by atoms with E-state index in [9.17, 15) is 5.11 Å². The third-order valence-electron chi connectivity index (χ3n) is 14.5. The van der Waals surface area contributed by atoms with Crippen LogP contribution >= 0.6 is 0 Å². The molecule has 3 heterocycles. The summed E-state index contributed by atoms with van der Waals surface area (Å²) >= 11 is 0. The van der Waals surface area contributed by atoms with Gasteiger partial charge in [-0.2, -0.15) is 0 Å². The van der Waals surface area contributed by atoms with Crippen LogP contribution < -0.4 is 0 Å². The van der Waals surface area contributed by atoms with E-state index in [1.165, 1.54) is 16.7 Å². The number of benzene rings is 7. The minimum atomic E-state index is -0.336. The van der Waals surface area contributed by atoms with Gasteiger partial charge in [0.2, 0.25) is 0 Å². The largest absolute Gasteiger partial charge is 0.507 e. The fourth-order valence-corrected chi connectivity index (χ4v) is 10.3. The second-order valence-electron chi connectivity index (χ2n) is 23.9. The van der Waals surface area contributed by atoms with Crippen molar-refractivity contribution in [3.8, 4) is 67.5 Å². The summed E-state index contributed by atoms with van der Waals surface area (Å²) in [6.45, 7) is 31.2. The van der Waals surface area contributed by atoms with Crippen LogP contribution in [0, 0.1) is 13.8 Å². The lowest BCUT2D eigenvalue weighted by Crippen LogP contribution is -2.17. The fraction of sp³-hybridized carbons (Fsp3) is 0.273. The maximum absolute atomic E-state index is 12.6. The van der Waals surface area contributed by atoms with Gasteiger partial charge in [-0.05, 0) is 146 Å². The lowest BCUT2D eigenvalue weighted by molar-refractivity contribution is 0.446. The van der Waals surface area contributed by atoms with Crippen molar-refractivity contribution in [2.75, 3.05) is 0 Å². The normalized spacial score (nSPS) is 12.7. The molecule has 0 bridgehead atoms. The number of pyridine rings is 1. The quantitative estimate of drug-likeness (QED) is 0.180. The van der Waals surface area contributed by atoms with Gasteiger partial charge in [0.15, 0.2) is 0 Å². The molecular formula is C66H67N3O2. The third kappa shape index (κ3) is 8.54. The molecule has 0 radical (unpaired) electrons. The van der Waals surface area contributed by atoms with Gasteiger partial charge in [-0.3, -0.25) is 9.55 Å². The summed E-state index contributed by atoms with van der Waals surface area (Å²) in [7, 11) is 0. The second kappa shape index (κ2) is 17.0. The number of aromatic nitrogens is 3. The van der Waals surface area contributed by atoms with Crippen LogP contribution in [0.25, 0.3) is 94.7 Å². The van der Waals surface area contributed by atoms with E-state index in [0.29, 0.717) is 11.4 Å². The zero-order valence-corrected chi connectivity index (χ0v) is 44.1. The van der Waals surface area contributed by atoms with Gasteiger partial charge in [-0.15, -0.1) is 0 Å². The Kier molecular flexibility index (Phi) is 11.3. The van der Waals surface area contributed by atoms with E-state index in [-0.39, 0.29) is 27.4 Å². The van der Waals surface area contributed by atoms with Crippen LogP contribution in [-0.2, 0) is 21.7 Å². The molecule has 3 aromatic heterocycles. The molecule has 10 aromatic rings. The van der Waals surface area contributed by atoms with Gasteiger partial charge < -0.3 is 9.52 Å². The van der Waals surface area contributed by atoms with E-state index in [4.69, 9.17) is 14.4 Å². The molecule has 0 aliphatic rings. The Balaban J connectivity index is 1.24. The number of fused-ring (bicyclic) bond motifs is 4. The summed E-state index contributed by atoms with van der Waals surface area (Å²) in [4.78, 5) is 10.9. The number of furan rings is 1. The van der Waals surface area contributed by atoms with Crippen LogP contribution in [0.5, 0.6) is 5.75 Å². The van der Waals surface area contributed by atoms with Crippen LogP contribution in [0.4, 0.5) is 0 Å². The van der Waals surface area contributed by atoms with Gasteiger partial charge in [0.25, 0.3) is 0 Å². The molecule has 1 N–H and O–H groups in total. The fourth-order valence-electron chi connectivity index (χ4n) is 10.3. The second-order valence-corrected chi connectivity index (χ2v) is 23.9. The Morgan fingerprint density at radius 2 is 1.14 bits per heavy atom.